The van der Waals surface area contributed by atoms with Crippen LogP contribution in [0, 0.1) is 0 Å². The summed E-state index contributed by atoms with van der Waals surface area (Å²) in [5, 5.41) is 8.67. The predicted molar refractivity (Wildman–Crippen MR) is 88.2 cm³/mol. The minimum Gasteiger partial charge on any atom is -0.396 e. The van der Waals surface area contributed by atoms with Gasteiger partial charge >= 0.3 is 0 Å². The van der Waals surface area contributed by atoms with E-state index in [1.807, 2.05) is 0 Å². The highest BCUT2D eigenvalue weighted by Crippen LogP contribution is 2.09. The lowest BCUT2D eigenvalue weighted by molar-refractivity contribution is 0.125. The molecule has 0 amide bonds. The molecule has 122 valence electrons. The molecule has 0 bridgehead atoms. The Bertz CT molecular complexity index is 141. The molecule has 0 fully saturated rings. The minimum absolute atomic E-state index is 0.360. The Morgan fingerprint density at radius 3 is 1.40 bits per heavy atom. The standard InChI is InChI=1S/C18H38O2/c1-2-3-4-11-14-17-20-18-15-12-9-7-5-6-8-10-13-16-19/h19H,2-18H2,1H3. The fourth-order valence-electron chi connectivity index (χ4n) is 2.46. The Morgan fingerprint density at radius 2 is 0.950 bits per heavy atom. The average Bonchev–Trinajstić information content (AvgIpc) is 2.47. The van der Waals surface area contributed by atoms with Crippen LogP contribution in [0.25, 0.3) is 0 Å². The van der Waals surface area contributed by atoms with Gasteiger partial charge in [0.1, 0.15) is 0 Å². The maximum absolute atomic E-state index is 8.67. The van der Waals surface area contributed by atoms with E-state index in [-0.39, 0.29) is 0 Å². The normalized spacial score (nSPS) is 11.1. The van der Waals surface area contributed by atoms with Crippen molar-refractivity contribution < 1.29 is 9.84 Å². The maximum Gasteiger partial charge on any atom is 0.0466 e. The van der Waals surface area contributed by atoms with Gasteiger partial charge in [0.2, 0.25) is 0 Å². The molecule has 0 aliphatic rings. The van der Waals surface area contributed by atoms with Gasteiger partial charge in [-0.1, -0.05) is 77.6 Å². The summed E-state index contributed by atoms with van der Waals surface area (Å²) in [5.74, 6) is 0. The quantitative estimate of drug-likeness (QED) is 0.359. The molecule has 0 aromatic carbocycles. The van der Waals surface area contributed by atoms with Gasteiger partial charge in [0, 0.05) is 19.8 Å². The monoisotopic (exact) mass is 286 g/mol. The number of aliphatic hydroxyl groups excluding tert-OH is 1. The smallest absolute Gasteiger partial charge is 0.0466 e. The number of unbranched alkanes of at least 4 members (excludes halogenated alkanes) is 12. The molecule has 2 nitrogen and oxygen atoms in total. The van der Waals surface area contributed by atoms with Crippen LogP contribution in [0.3, 0.4) is 0 Å². The van der Waals surface area contributed by atoms with Crippen molar-refractivity contribution >= 4 is 0 Å². The van der Waals surface area contributed by atoms with Gasteiger partial charge in [0.05, 0.1) is 0 Å². The highest BCUT2D eigenvalue weighted by atomic mass is 16.5. The van der Waals surface area contributed by atoms with Crippen LogP contribution in [0.2, 0.25) is 0 Å². The zero-order valence-corrected chi connectivity index (χ0v) is 13.9. The number of rotatable bonds is 17. The summed E-state index contributed by atoms with van der Waals surface area (Å²) in [6, 6.07) is 0. The molecule has 0 saturated heterocycles. The Hall–Kier alpha value is -0.0800. The first-order valence-corrected chi connectivity index (χ1v) is 9.10. The van der Waals surface area contributed by atoms with Gasteiger partial charge in [-0.25, -0.2) is 0 Å². The summed E-state index contributed by atoms with van der Waals surface area (Å²) >= 11 is 0. The molecule has 0 radical (unpaired) electrons. The molecule has 0 aliphatic carbocycles. The SMILES string of the molecule is CCCCCCCOCCCCCCCCCCCO. The number of ether oxygens (including phenoxy) is 1. The van der Waals surface area contributed by atoms with Crippen molar-refractivity contribution in [1.29, 1.82) is 0 Å². The first-order valence-electron chi connectivity index (χ1n) is 9.10. The molecule has 0 unspecified atom stereocenters. The summed E-state index contributed by atoms with van der Waals surface area (Å²) in [6.45, 7) is 4.54. The van der Waals surface area contributed by atoms with Crippen LogP contribution in [-0.4, -0.2) is 24.9 Å². The minimum atomic E-state index is 0.360. The maximum atomic E-state index is 8.67. The average molecular weight is 286 g/mol. The lowest BCUT2D eigenvalue weighted by Gasteiger charge is -2.04. The van der Waals surface area contributed by atoms with E-state index in [0.717, 1.165) is 19.6 Å². The zero-order chi connectivity index (χ0) is 14.7. The van der Waals surface area contributed by atoms with Crippen molar-refractivity contribution in [3.05, 3.63) is 0 Å². The fraction of sp³-hybridized carbons (Fsp3) is 1.00. The number of aliphatic hydroxyl groups is 1. The van der Waals surface area contributed by atoms with Crippen LogP contribution in [0.5, 0.6) is 0 Å². The van der Waals surface area contributed by atoms with Crippen molar-refractivity contribution in [2.24, 2.45) is 0 Å². The molecule has 0 aromatic heterocycles. The van der Waals surface area contributed by atoms with E-state index < -0.39 is 0 Å². The Kier molecular flexibility index (Phi) is 18.8. The zero-order valence-electron chi connectivity index (χ0n) is 13.9. The molecule has 0 heterocycles. The summed E-state index contributed by atoms with van der Waals surface area (Å²) < 4.78 is 5.66. The fourth-order valence-corrected chi connectivity index (χ4v) is 2.46. The Balaban J connectivity index is 2.89. The predicted octanol–water partition coefficient (Wildman–Crippen LogP) is 5.48. The van der Waals surface area contributed by atoms with E-state index in [4.69, 9.17) is 9.84 Å². The molecular weight excluding hydrogens is 248 g/mol. The second-order valence-corrected chi connectivity index (χ2v) is 5.93. The Labute approximate surface area is 127 Å². The van der Waals surface area contributed by atoms with Crippen molar-refractivity contribution in [3.8, 4) is 0 Å². The van der Waals surface area contributed by atoms with E-state index >= 15 is 0 Å². The lowest BCUT2D eigenvalue weighted by Crippen LogP contribution is -1.97. The van der Waals surface area contributed by atoms with E-state index in [1.165, 1.54) is 83.5 Å². The van der Waals surface area contributed by atoms with E-state index in [0.29, 0.717) is 6.61 Å². The van der Waals surface area contributed by atoms with Crippen molar-refractivity contribution in [2.75, 3.05) is 19.8 Å². The first-order chi connectivity index (χ1) is 9.91. The highest BCUT2D eigenvalue weighted by Gasteiger charge is 1.94. The van der Waals surface area contributed by atoms with E-state index in [9.17, 15) is 0 Å². The van der Waals surface area contributed by atoms with Gasteiger partial charge < -0.3 is 9.84 Å². The van der Waals surface area contributed by atoms with E-state index in [1.54, 1.807) is 0 Å². The highest BCUT2D eigenvalue weighted by molar-refractivity contribution is 4.47. The van der Waals surface area contributed by atoms with Crippen LogP contribution in [0.1, 0.15) is 96.8 Å². The van der Waals surface area contributed by atoms with Crippen molar-refractivity contribution in [2.45, 2.75) is 96.8 Å². The number of hydrogen-bond acceptors (Lipinski definition) is 2. The van der Waals surface area contributed by atoms with Crippen molar-refractivity contribution in [3.63, 3.8) is 0 Å². The molecule has 0 saturated carbocycles. The molecule has 20 heavy (non-hydrogen) atoms. The molecule has 0 rings (SSSR count). The van der Waals surface area contributed by atoms with Gasteiger partial charge in [-0.05, 0) is 19.3 Å². The van der Waals surface area contributed by atoms with E-state index in [2.05, 4.69) is 6.92 Å². The van der Waals surface area contributed by atoms with Crippen LogP contribution in [0.4, 0.5) is 0 Å². The lowest BCUT2D eigenvalue weighted by atomic mass is 10.1. The molecule has 0 aliphatic heterocycles. The third-order valence-corrected chi connectivity index (χ3v) is 3.84. The third kappa shape index (κ3) is 17.9. The largest absolute Gasteiger partial charge is 0.396 e. The van der Waals surface area contributed by atoms with Gasteiger partial charge in [0.15, 0.2) is 0 Å². The molecular formula is C18H38O2. The molecule has 0 atom stereocenters. The second kappa shape index (κ2) is 18.9. The van der Waals surface area contributed by atoms with Crippen LogP contribution < -0.4 is 0 Å². The summed E-state index contributed by atoms with van der Waals surface area (Å²) in [7, 11) is 0. The van der Waals surface area contributed by atoms with Crippen LogP contribution in [0.15, 0.2) is 0 Å². The molecule has 1 N–H and O–H groups in total. The third-order valence-electron chi connectivity index (χ3n) is 3.84. The topological polar surface area (TPSA) is 29.5 Å². The van der Waals surface area contributed by atoms with Gasteiger partial charge in [-0.2, -0.15) is 0 Å². The van der Waals surface area contributed by atoms with Gasteiger partial charge in [-0.3, -0.25) is 0 Å². The summed E-state index contributed by atoms with van der Waals surface area (Å²) in [6.07, 6.45) is 18.1. The van der Waals surface area contributed by atoms with Gasteiger partial charge in [0.25, 0.3) is 0 Å². The molecule has 0 spiro atoms. The molecule has 0 aromatic rings. The van der Waals surface area contributed by atoms with Crippen LogP contribution in [-0.2, 0) is 4.74 Å². The first kappa shape index (κ1) is 19.9. The van der Waals surface area contributed by atoms with Gasteiger partial charge in [-0.15, -0.1) is 0 Å². The Morgan fingerprint density at radius 1 is 0.550 bits per heavy atom. The number of hydrogen-bond donors (Lipinski definition) is 1. The summed E-state index contributed by atoms with van der Waals surface area (Å²) in [4.78, 5) is 0. The van der Waals surface area contributed by atoms with Crippen molar-refractivity contribution in [1.82, 2.24) is 0 Å². The summed E-state index contributed by atoms with van der Waals surface area (Å²) in [5.41, 5.74) is 0. The molecule has 2 heteroatoms. The second-order valence-electron chi connectivity index (χ2n) is 5.93. The van der Waals surface area contributed by atoms with Crippen LogP contribution >= 0.6 is 0 Å².